The predicted octanol–water partition coefficient (Wildman–Crippen LogP) is 4.44. The van der Waals surface area contributed by atoms with Gasteiger partial charge < -0.3 is 4.90 Å². The Hall–Kier alpha value is -1.49. The van der Waals surface area contributed by atoms with E-state index in [0.717, 1.165) is 40.5 Å². The number of fused-ring (bicyclic) bond motifs is 1. The van der Waals surface area contributed by atoms with Crippen molar-refractivity contribution < 1.29 is 8.78 Å². The van der Waals surface area contributed by atoms with E-state index in [1.165, 1.54) is 11.3 Å². The van der Waals surface area contributed by atoms with E-state index in [0.29, 0.717) is 5.56 Å². The number of benzene rings is 1. The second-order valence-corrected chi connectivity index (χ2v) is 6.37. The topological polar surface area (TPSA) is 16.1 Å². The zero-order valence-electron chi connectivity index (χ0n) is 11.5. The molecular weight excluding hydrogens is 278 g/mol. The molecule has 0 spiro atoms. The highest BCUT2D eigenvalue weighted by Crippen LogP contribution is 2.40. The van der Waals surface area contributed by atoms with Crippen LogP contribution in [0.1, 0.15) is 29.0 Å². The van der Waals surface area contributed by atoms with Gasteiger partial charge in [-0.25, -0.2) is 13.8 Å². The Morgan fingerprint density at radius 1 is 1.35 bits per heavy atom. The van der Waals surface area contributed by atoms with Crippen LogP contribution in [0.2, 0.25) is 0 Å². The third-order valence-electron chi connectivity index (χ3n) is 3.72. The Labute approximate surface area is 121 Å². The molecule has 2 heterocycles. The third kappa shape index (κ3) is 2.30. The van der Waals surface area contributed by atoms with Crippen LogP contribution < -0.4 is 4.90 Å². The molecule has 0 saturated heterocycles. The highest BCUT2D eigenvalue weighted by Gasteiger charge is 2.22. The molecule has 0 N–H and O–H groups in total. The minimum Gasteiger partial charge on any atom is -0.374 e. The SMILES string of the molecule is Cc1ncc(-c2cc3c(cc2C(F)F)N(C)CCC3)s1. The van der Waals surface area contributed by atoms with Crippen LogP contribution in [-0.2, 0) is 6.42 Å². The lowest BCUT2D eigenvalue weighted by Gasteiger charge is -2.29. The highest BCUT2D eigenvalue weighted by atomic mass is 32.1. The first kappa shape index (κ1) is 13.5. The average molecular weight is 294 g/mol. The zero-order chi connectivity index (χ0) is 14.3. The smallest absolute Gasteiger partial charge is 0.264 e. The van der Waals surface area contributed by atoms with Gasteiger partial charge in [-0.1, -0.05) is 0 Å². The quantitative estimate of drug-likeness (QED) is 0.814. The molecule has 1 aliphatic heterocycles. The van der Waals surface area contributed by atoms with E-state index < -0.39 is 6.43 Å². The summed E-state index contributed by atoms with van der Waals surface area (Å²) in [6.45, 7) is 2.82. The fourth-order valence-electron chi connectivity index (χ4n) is 2.71. The number of halogens is 2. The summed E-state index contributed by atoms with van der Waals surface area (Å²) in [6, 6.07) is 3.59. The monoisotopic (exact) mass is 294 g/mol. The lowest BCUT2D eigenvalue weighted by molar-refractivity contribution is 0.152. The lowest BCUT2D eigenvalue weighted by Crippen LogP contribution is -2.24. The number of aryl methyl sites for hydroxylation is 2. The molecule has 0 amide bonds. The Kier molecular flexibility index (Phi) is 3.46. The Morgan fingerprint density at radius 2 is 2.15 bits per heavy atom. The maximum atomic E-state index is 13.4. The molecule has 0 unspecified atom stereocenters. The molecule has 1 aromatic carbocycles. The van der Waals surface area contributed by atoms with Gasteiger partial charge in [0.15, 0.2) is 0 Å². The second kappa shape index (κ2) is 5.13. The zero-order valence-corrected chi connectivity index (χ0v) is 12.3. The molecule has 2 aromatic rings. The number of rotatable bonds is 2. The van der Waals surface area contributed by atoms with Crippen LogP contribution in [0.5, 0.6) is 0 Å². The number of anilines is 1. The van der Waals surface area contributed by atoms with Crippen molar-refractivity contribution in [1.82, 2.24) is 4.98 Å². The number of hydrogen-bond acceptors (Lipinski definition) is 3. The van der Waals surface area contributed by atoms with Crippen molar-refractivity contribution in [2.45, 2.75) is 26.2 Å². The third-order valence-corrected chi connectivity index (χ3v) is 4.67. The Bertz CT molecular complexity index is 637. The van der Waals surface area contributed by atoms with Gasteiger partial charge in [0.25, 0.3) is 6.43 Å². The summed E-state index contributed by atoms with van der Waals surface area (Å²) in [5, 5.41) is 0.898. The average Bonchev–Trinajstić information content (AvgIpc) is 2.84. The number of alkyl halides is 2. The van der Waals surface area contributed by atoms with Gasteiger partial charge in [-0.15, -0.1) is 11.3 Å². The van der Waals surface area contributed by atoms with Crippen molar-refractivity contribution in [2.24, 2.45) is 0 Å². The van der Waals surface area contributed by atoms with Crippen molar-refractivity contribution >= 4 is 17.0 Å². The minimum absolute atomic E-state index is 0.112. The van der Waals surface area contributed by atoms with E-state index in [4.69, 9.17) is 0 Å². The van der Waals surface area contributed by atoms with Crippen LogP contribution in [0, 0.1) is 6.92 Å². The van der Waals surface area contributed by atoms with Crippen molar-refractivity contribution in [2.75, 3.05) is 18.5 Å². The fourth-order valence-corrected chi connectivity index (χ4v) is 3.53. The lowest BCUT2D eigenvalue weighted by atomic mass is 9.95. The molecule has 20 heavy (non-hydrogen) atoms. The van der Waals surface area contributed by atoms with Crippen molar-refractivity contribution in [3.05, 3.63) is 34.5 Å². The molecule has 0 radical (unpaired) electrons. The molecule has 0 saturated carbocycles. The molecule has 5 heteroatoms. The van der Waals surface area contributed by atoms with Gasteiger partial charge in [-0.2, -0.15) is 0 Å². The van der Waals surface area contributed by atoms with Crippen LogP contribution in [0.3, 0.4) is 0 Å². The molecule has 0 atom stereocenters. The molecular formula is C15H16F2N2S. The minimum atomic E-state index is -2.46. The molecule has 1 aliphatic rings. The van der Waals surface area contributed by atoms with E-state index >= 15 is 0 Å². The summed E-state index contributed by atoms with van der Waals surface area (Å²) in [5.41, 5.74) is 2.85. The fraction of sp³-hybridized carbons (Fsp3) is 0.400. The molecule has 0 aliphatic carbocycles. The summed E-state index contributed by atoms with van der Waals surface area (Å²) in [6.07, 6.45) is 1.25. The normalized spacial score (nSPS) is 14.8. The molecule has 0 fully saturated rings. The van der Waals surface area contributed by atoms with Gasteiger partial charge in [0.05, 0.1) is 9.88 Å². The maximum absolute atomic E-state index is 13.4. The molecule has 1 aromatic heterocycles. The molecule has 106 valence electrons. The predicted molar refractivity (Wildman–Crippen MR) is 78.8 cm³/mol. The highest BCUT2D eigenvalue weighted by molar-refractivity contribution is 7.15. The van der Waals surface area contributed by atoms with Gasteiger partial charge >= 0.3 is 0 Å². The number of nitrogens with zero attached hydrogens (tertiary/aromatic N) is 2. The summed E-state index contributed by atoms with van der Waals surface area (Å²) < 4.78 is 26.8. The van der Waals surface area contributed by atoms with Gasteiger partial charge in [-0.05, 0) is 37.5 Å². The largest absolute Gasteiger partial charge is 0.374 e. The first-order valence-corrected chi connectivity index (χ1v) is 7.47. The summed E-state index contributed by atoms with van der Waals surface area (Å²) >= 11 is 1.47. The maximum Gasteiger partial charge on any atom is 0.264 e. The van der Waals surface area contributed by atoms with E-state index in [-0.39, 0.29) is 5.56 Å². The molecule has 3 rings (SSSR count). The van der Waals surface area contributed by atoms with Crippen LogP contribution in [0.25, 0.3) is 10.4 Å². The van der Waals surface area contributed by atoms with E-state index in [9.17, 15) is 8.78 Å². The van der Waals surface area contributed by atoms with Gasteiger partial charge in [0, 0.05) is 36.6 Å². The van der Waals surface area contributed by atoms with E-state index in [2.05, 4.69) is 9.88 Å². The van der Waals surface area contributed by atoms with Crippen molar-refractivity contribution in [3.63, 3.8) is 0 Å². The van der Waals surface area contributed by atoms with E-state index in [1.807, 2.05) is 20.0 Å². The Balaban J connectivity index is 2.18. The summed E-state index contributed by atoms with van der Waals surface area (Å²) in [4.78, 5) is 7.07. The first-order valence-electron chi connectivity index (χ1n) is 6.65. The van der Waals surface area contributed by atoms with Crippen molar-refractivity contribution in [1.29, 1.82) is 0 Å². The number of hydrogen-bond donors (Lipinski definition) is 0. The second-order valence-electron chi connectivity index (χ2n) is 5.14. The van der Waals surface area contributed by atoms with Crippen LogP contribution in [0.4, 0.5) is 14.5 Å². The number of aromatic nitrogens is 1. The van der Waals surface area contributed by atoms with Crippen LogP contribution in [0.15, 0.2) is 18.3 Å². The first-order chi connectivity index (χ1) is 9.56. The van der Waals surface area contributed by atoms with Crippen LogP contribution in [-0.4, -0.2) is 18.6 Å². The molecule has 0 bridgehead atoms. The van der Waals surface area contributed by atoms with Crippen LogP contribution >= 0.6 is 11.3 Å². The van der Waals surface area contributed by atoms with Crippen molar-refractivity contribution in [3.8, 4) is 10.4 Å². The van der Waals surface area contributed by atoms with Gasteiger partial charge in [0.1, 0.15) is 0 Å². The van der Waals surface area contributed by atoms with Gasteiger partial charge in [-0.3, -0.25) is 0 Å². The standard InChI is InChI=1S/C15H16F2N2S/c1-9-18-8-14(20-9)11-6-10-4-3-5-19(2)13(10)7-12(11)15(16)17/h6-8,15H,3-5H2,1-2H3. The molecule has 2 nitrogen and oxygen atoms in total. The Morgan fingerprint density at radius 3 is 2.80 bits per heavy atom. The van der Waals surface area contributed by atoms with Gasteiger partial charge in [0.2, 0.25) is 0 Å². The number of thiazole rings is 1. The summed E-state index contributed by atoms with van der Waals surface area (Å²) in [5.74, 6) is 0. The summed E-state index contributed by atoms with van der Waals surface area (Å²) in [7, 11) is 1.96. The van der Waals surface area contributed by atoms with E-state index in [1.54, 1.807) is 12.3 Å².